The molecule has 1 aromatic rings. The number of hydrogen-bond acceptors (Lipinski definition) is 4. The second-order valence-corrected chi connectivity index (χ2v) is 4.46. The molecule has 1 heterocycles. The van der Waals surface area contributed by atoms with E-state index in [0.717, 1.165) is 29.6 Å². The largest absolute Gasteiger partial charge is 0.385 e. The van der Waals surface area contributed by atoms with Crippen LogP contribution in [0.1, 0.15) is 31.5 Å². The maximum atomic E-state index is 5.57. The lowest BCUT2D eigenvalue weighted by molar-refractivity contribution is 0.181. The summed E-state index contributed by atoms with van der Waals surface area (Å²) in [7, 11) is 1.69. The summed E-state index contributed by atoms with van der Waals surface area (Å²) in [6.07, 6.45) is 3.67. The van der Waals surface area contributed by atoms with E-state index in [2.05, 4.69) is 33.4 Å². The van der Waals surface area contributed by atoms with Crippen molar-refractivity contribution in [3.05, 3.63) is 16.4 Å². The van der Waals surface area contributed by atoms with Crippen LogP contribution in [0.2, 0.25) is 0 Å². The molecule has 0 spiro atoms. The summed E-state index contributed by atoms with van der Waals surface area (Å²) < 4.78 is 8.03. The molecule has 0 radical (unpaired) electrons. The first-order chi connectivity index (χ1) is 7.74. The molecule has 16 heavy (non-hydrogen) atoms. The van der Waals surface area contributed by atoms with Crippen LogP contribution in [0.4, 0.5) is 0 Å². The monoisotopic (exact) mass is 290 g/mol. The minimum absolute atomic E-state index is 0.0587. The van der Waals surface area contributed by atoms with Crippen LogP contribution in [0.25, 0.3) is 0 Å². The SMILES string of the molecule is CCCn1ncc(Br)c1C(CCOC)NN. The van der Waals surface area contributed by atoms with E-state index in [0.29, 0.717) is 6.61 Å². The average Bonchev–Trinajstić information content (AvgIpc) is 2.63. The van der Waals surface area contributed by atoms with Crippen molar-refractivity contribution in [1.29, 1.82) is 0 Å². The Hall–Kier alpha value is -0.430. The predicted octanol–water partition coefficient (Wildman–Crippen LogP) is 1.60. The van der Waals surface area contributed by atoms with E-state index in [1.165, 1.54) is 0 Å². The van der Waals surface area contributed by atoms with Gasteiger partial charge in [0.05, 0.1) is 22.4 Å². The van der Waals surface area contributed by atoms with Gasteiger partial charge in [-0.3, -0.25) is 16.0 Å². The zero-order valence-electron chi connectivity index (χ0n) is 9.74. The summed E-state index contributed by atoms with van der Waals surface area (Å²) in [6, 6.07) is 0.0587. The molecule has 1 unspecified atom stereocenters. The highest BCUT2D eigenvalue weighted by Crippen LogP contribution is 2.25. The third-order valence-electron chi connectivity index (χ3n) is 2.41. The van der Waals surface area contributed by atoms with Gasteiger partial charge in [0.15, 0.2) is 0 Å². The Kier molecular flexibility index (Phi) is 5.97. The van der Waals surface area contributed by atoms with Crippen molar-refractivity contribution in [2.75, 3.05) is 13.7 Å². The first-order valence-corrected chi connectivity index (χ1v) is 6.20. The number of hydrogen-bond donors (Lipinski definition) is 2. The number of hydrazine groups is 1. The minimum atomic E-state index is 0.0587. The highest BCUT2D eigenvalue weighted by Gasteiger charge is 2.18. The van der Waals surface area contributed by atoms with Crippen LogP contribution < -0.4 is 11.3 Å². The van der Waals surface area contributed by atoms with Gasteiger partial charge in [-0.05, 0) is 28.8 Å². The molecule has 3 N–H and O–H groups in total. The van der Waals surface area contributed by atoms with Gasteiger partial charge in [0.1, 0.15) is 0 Å². The first-order valence-electron chi connectivity index (χ1n) is 5.40. The summed E-state index contributed by atoms with van der Waals surface area (Å²) in [5.74, 6) is 5.57. The Morgan fingerprint density at radius 2 is 2.44 bits per heavy atom. The van der Waals surface area contributed by atoms with Gasteiger partial charge in [-0.25, -0.2) is 0 Å². The number of nitrogens with two attached hydrogens (primary N) is 1. The molecule has 1 atom stereocenters. The van der Waals surface area contributed by atoms with Crippen LogP contribution >= 0.6 is 15.9 Å². The molecule has 5 nitrogen and oxygen atoms in total. The lowest BCUT2D eigenvalue weighted by atomic mass is 10.1. The molecule has 0 saturated carbocycles. The zero-order chi connectivity index (χ0) is 12.0. The first kappa shape index (κ1) is 13.6. The van der Waals surface area contributed by atoms with Crippen molar-refractivity contribution in [2.45, 2.75) is 32.4 Å². The Bertz CT molecular complexity index is 316. The molecule has 0 saturated heterocycles. The number of ether oxygens (including phenoxy) is 1. The molecule has 0 aliphatic rings. The summed E-state index contributed by atoms with van der Waals surface area (Å²) in [5, 5.41) is 4.32. The van der Waals surface area contributed by atoms with Crippen molar-refractivity contribution in [3.63, 3.8) is 0 Å². The van der Waals surface area contributed by atoms with Crippen LogP contribution in [-0.2, 0) is 11.3 Å². The molecule has 92 valence electrons. The van der Waals surface area contributed by atoms with Crippen molar-refractivity contribution in [1.82, 2.24) is 15.2 Å². The number of halogens is 1. The van der Waals surface area contributed by atoms with Crippen LogP contribution in [0.5, 0.6) is 0 Å². The smallest absolute Gasteiger partial charge is 0.0710 e. The van der Waals surface area contributed by atoms with Crippen LogP contribution in [0.3, 0.4) is 0 Å². The summed E-state index contributed by atoms with van der Waals surface area (Å²) in [5.41, 5.74) is 3.89. The Labute approximate surface area is 104 Å². The second-order valence-electron chi connectivity index (χ2n) is 3.60. The molecule has 1 rings (SSSR count). The summed E-state index contributed by atoms with van der Waals surface area (Å²) in [6.45, 7) is 3.68. The zero-order valence-corrected chi connectivity index (χ0v) is 11.3. The lowest BCUT2D eigenvalue weighted by Gasteiger charge is -2.17. The quantitative estimate of drug-likeness (QED) is 0.591. The van der Waals surface area contributed by atoms with Gasteiger partial charge in [-0.2, -0.15) is 5.10 Å². The maximum Gasteiger partial charge on any atom is 0.0710 e. The van der Waals surface area contributed by atoms with Crippen molar-refractivity contribution < 1.29 is 4.74 Å². The summed E-state index contributed by atoms with van der Waals surface area (Å²) >= 11 is 3.50. The maximum absolute atomic E-state index is 5.57. The molecule has 0 aliphatic carbocycles. The van der Waals surface area contributed by atoms with Gasteiger partial charge in [0, 0.05) is 20.3 Å². The molecule has 0 aromatic carbocycles. The van der Waals surface area contributed by atoms with E-state index < -0.39 is 0 Å². The number of rotatable bonds is 7. The van der Waals surface area contributed by atoms with Crippen LogP contribution in [0.15, 0.2) is 10.7 Å². The Balaban J connectivity index is 2.84. The van der Waals surface area contributed by atoms with Crippen molar-refractivity contribution in [2.24, 2.45) is 5.84 Å². The van der Waals surface area contributed by atoms with E-state index in [-0.39, 0.29) is 6.04 Å². The molecule has 6 heteroatoms. The summed E-state index contributed by atoms with van der Waals surface area (Å²) in [4.78, 5) is 0. The van der Waals surface area contributed by atoms with E-state index in [1.807, 2.05) is 10.9 Å². The second kappa shape index (κ2) is 7.01. The standard InChI is InChI=1S/C10H19BrN4O/c1-3-5-15-10(8(11)7-13-15)9(14-12)4-6-16-2/h7,9,14H,3-6,12H2,1-2H3. The van der Waals surface area contributed by atoms with E-state index in [1.54, 1.807) is 7.11 Å². The van der Waals surface area contributed by atoms with Crippen LogP contribution in [0, 0.1) is 0 Å². The van der Waals surface area contributed by atoms with E-state index >= 15 is 0 Å². The van der Waals surface area contributed by atoms with Gasteiger partial charge >= 0.3 is 0 Å². The van der Waals surface area contributed by atoms with Gasteiger partial charge in [-0.15, -0.1) is 0 Å². The average molecular weight is 291 g/mol. The third kappa shape index (κ3) is 3.28. The molecular formula is C10H19BrN4O. The molecule has 0 amide bonds. The normalized spacial score (nSPS) is 13.0. The number of nitrogens with one attached hydrogen (secondary N) is 1. The molecule has 1 aromatic heterocycles. The van der Waals surface area contributed by atoms with Gasteiger partial charge in [0.25, 0.3) is 0 Å². The number of aryl methyl sites for hydroxylation is 1. The number of aromatic nitrogens is 2. The third-order valence-corrected chi connectivity index (χ3v) is 3.02. The fraction of sp³-hybridized carbons (Fsp3) is 0.700. The van der Waals surface area contributed by atoms with Crippen molar-refractivity contribution in [3.8, 4) is 0 Å². The van der Waals surface area contributed by atoms with Crippen molar-refractivity contribution >= 4 is 15.9 Å². The molecule has 0 bridgehead atoms. The Morgan fingerprint density at radius 1 is 1.69 bits per heavy atom. The fourth-order valence-electron chi connectivity index (χ4n) is 1.64. The highest BCUT2D eigenvalue weighted by atomic mass is 79.9. The molecule has 0 aliphatic heterocycles. The topological polar surface area (TPSA) is 65.1 Å². The van der Waals surface area contributed by atoms with Gasteiger partial charge < -0.3 is 4.74 Å². The molecular weight excluding hydrogens is 272 g/mol. The lowest BCUT2D eigenvalue weighted by Crippen LogP contribution is -2.31. The minimum Gasteiger partial charge on any atom is -0.385 e. The number of methoxy groups -OCH3 is 1. The van der Waals surface area contributed by atoms with Gasteiger partial charge in [0.2, 0.25) is 0 Å². The number of nitrogens with zero attached hydrogens (tertiary/aromatic N) is 2. The predicted molar refractivity (Wildman–Crippen MR) is 66.8 cm³/mol. The fourth-order valence-corrected chi connectivity index (χ4v) is 2.22. The highest BCUT2D eigenvalue weighted by molar-refractivity contribution is 9.10. The van der Waals surface area contributed by atoms with Crippen LogP contribution in [-0.4, -0.2) is 23.5 Å². The van der Waals surface area contributed by atoms with E-state index in [4.69, 9.17) is 10.6 Å². The van der Waals surface area contributed by atoms with E-state index in [9.17, 15) is 0 Å². The molecule has 0 fully saturated rings. The Morgan fingerprint density at radius 3 is 3.00 bits per heavy atom. The van der Waals surface area contributed by atoms with Gasteiger partial charge in [-0.1, -0.05) is 6.92 Å².